The average molecular weight is 410 g/mol. The van der Waals surface area contributed by atoms with Gasteiger partial charge in [-0.3, -0.25) is 13.9 Å². The molecule has 1 N–H and O–H groups in total. The SMILES string of the molecule is COP(C)(=O)OC(C)(C)C(=O)C=Cc1cc(C(C)(C)C)cc(C(C)(C)C)c1O. The zero-order valence-corrected chi connectivity index (χ0v) is 19.7. The van der Waals surface area contributed by atoms with Gasteiger partial charge in [0.15, 0.2) is 5.78 Å². The topological polar surface area (TPSA) is 72.8 Å². The first-order valence-corrected chi connectivity index (χ1v) is 11.3. The van der Waals surface area contributed by atoms with E-state index in [1.807, 2.05) is 32.9 Å². The lowest BCUT2D eigenvalue weighted by atomic mass is 9.79. The summed E-state index contributed by atoms with van der Waals surface area (Å²) in [4.78, 5) is 12.6. The van der Waals surface area contributed by atoms with Crippen molar-refractivity contribution in [1.82, 2.24) is 0 Å². The second-order valence-corrected chi connectivity index (χ2v) is 11.8. The Morgan fingerprint density at radius 1 is 1.04 bits per heavy atom. The Hall–Kier alpha value is -1.42. The van der Waals surface area contributed by atoms with Gasteiger partial charge in [-0.15, -0.1) is 0 Å². The number of phenolic OH excluding ortho intramolecular Hbond substituents is 1. The Kier molecular flexibility index (Phi) is 7.15. The van der Waals surface area contributed by atoms with E-state index in [2.05, 4.69) is 20.8 Å². The van der Waals surface area contributed by atoms with E-state index < -0.39 is 13.2 Å². The van der Waals surface area contributed by atoms with Crippen LogP contribution in [-0.4, -0.2) is 30.3 Å². The monoisotopic (exact) mass is 410 g/mol. The molecule has 0 saturated heterocycles. The van der Waals surface area contributed by atoms with Crippen molar-refractivity contribution in [2.45, 2.75) is 71.8 Å². The summed E-state index contributed by atoms with van der Waals surface area (Å²) in [6.07, 6.45) is 2.93. The Bertz CT molecular complexity index is 807. The van der Waals surface area contributed by atoms with Crippen LogP contribution in [-0.2, 0) is 29.2 Å². The highest BCUT2D eigenvalue weighted by Crippen LogP contribution is 2.47. The number of benzene rings is 1. The molecule has 6 heteroatoms. The second kappa shape index (κ2) is 8.14. The van der Waals surface area contributed by atoms with Crippen LogP contribution in [0.15, 0.2) is 18.2 Å². The average Bonchev–Trinajstić information content (AvgIpc) is 2.50. The van der Waals surface area contributed by atoms with E-state index in [9.17, 15) is 14.5 Å². The van der Waals surface area contributed by atoms with Crippen LogP contribution in [0.5, 0.6) is 5.75 Å². The van der Waals surface area contributed by atoms with Crippen LogP contribution in [0.1, 0.15) is 72.1 Å². The molecule has 0 spiro atoms. The number of aromatic hydroxyl groups is 1. The van der Waals surface area contributed by atoms with Crippen molar-refractivity contribution in [3.05, 3.63) is 34.9 Å². The van der Waals surface area contributed by atoms with Crippen LogP contribution in [0, 0.1) is 0 Å². The molecule has 0 aliphatic carbocycles. The largest absolute Gasteiger partial charge is 0.507 e. The Labute approximate surface area is 169 Å². The highest BCUT2D eigenvalue weighted by Gasteiger charge is 2.34. The molecule has 28 heavy (non-hydrogen) atoms. The quantitative estimate of drug-likeness (QED) is 0.471. The van der Waals surface area contributed by atoms with Gasteiger partial charge in [0, 0.05) is 24.9 Å². The summed E-state index contributed by atoms with van der Waals surface area (Å²) in [5.74, 6) is -0.217. The fraction of sp³-hybridized carbons (Fsp3) is 0.591. The van der Waals surface area contributed by atoms with E-state index in [1.165, 1.54) is 19.9 Å². The number of phenols is 1. The molecule has 0 saturated carbocycles. The lowest BCUT2D eigenvalue weighted by Crippen LogP contribution is -2.32. The predicted molar refractivity (Wildman–Crippen MR) is 115 cm³/mol. The summed E-state index contributed by atoms with van der Waals surface area (Å²) in [6, 6.07) is 3.91. The summed E-state index contributed by atoms with van der Waals surface area (Å²) in [7, 11) is -2.04. The zero-order valence-electron chi connectivity index (χ0n) is 18.8. The summed E-state index contributed by atoms with van der Waals surface area (Å²) < 4.78 is 22.3. The van der Waals surface area contributed by atoms with E-state index in [-0.39, 0.29) is 22.4 Å². The summed E-state index contributed by atoms with van der Waals surface area (Å²) in [6.45, 7) is 16.8. The molecule has 5 nitrogen and oxygen atoms in total. The third-order valence-electron chi connectivity index (χ3n) is 4.55. The lowest BCUT2D eigenvalue weighted by molar-refractivity contribution is -0.127. The third-order valence-corrected chi connectivity index (χ3v) is 6.00. The van der Waals surface area contributed by atoms with E-state index >= 15 is 0 Å². The van der Waals surface area contributed by atoms with Gasteiger partial charge in [0.25, 0.3) is 0 Å². The molecule has 1 rings (SSSR count). The minimum atomic E-state index is -3.32. The number of hydrogen-bond donors (Lipinski definition) is 1. The molecular formula is C22H35O5P. The predicted octanol–water partition coefficient (Wildman–Crippen LogP) is 5.83. The van der Waals surface area contributed by atoms with E-state index in [0.29, 0.717) is 5.56 Å². The molecule has 0 bridgehead atoms. The van der Waals surface area contributed by atoms with Gasteiger partial charge in [-0.1, -0.05) is 47.6 Å². The van der Waals surface area contributed by atoms with Crippen molar-refractivity contribution in [3.8, 4) is 5.75 Å². The van der Waals surface area contributed by atoms with Crippen molar-refractivity contribution < 1.29 is 23.5 Å². The molecule has 0 radical (unpaired) electrons. The molecular weight excluding hydrogens is 375 g/mol. The number of carbonyl (C=O) groups excluding carboxylic acids is 1. The van der Waals surface area contributed by atoms with Crippen LogP contribution in [0.3, 0.4) is 0 Å². The number of carbonyl (C=O) groups is 1. The van der Waals surface area contributed by atoms with Crippen molar-refractivity contribution in [3.63, 3.8) is 0 Å². The van der Waals surface area contributed by atoms with Crippen molar-refractivity contribution in [2.24, 2.45) is 0 Å². The van der Waals surface area contributed by atoms with Gasteiger partial charge in [-0.05, 0) is 48.5 Å². The van der Waals surface area contributed by atoms with Gasteiger partial charge in [-0.2, -0.15) is 0 Å². The molecule has 1 atom stereocenters. The Morgan fingerprint density at radius 3 is 2.00 bits per heavy atom. The summed E-state index contributed by atoms with van der Waals surface area (Å²) in [5, 5.41) is 10.8. The standard InChI is InChI=1S/C22H35O5P/c1-20(2,3)16-13-15(19(24)17(14-16)21(4,5)6)11-12-18(23)22(7,8)27-28(10,25)26-9/h11-14,24H,1-10H3. The van der Waals surface area contributed by atoms with Gasteiger partial charge >= 0.3 is 7.60 Å². The molecule has 1 aromatic carbocycles. The van der Waals surface area contributed by atoms with Gasteiger partial charge in [0.05, 0.1) is 0 Å². The summed E-state index contributed by atoms with van der Waals surface area (Å²) >= 11 is 0. The molecule has 158 valence electrons. The zero-order chi connectivity index (χ0) is 22.1. The number of hydrogen-bond acceptors (Lipinski definition) is 5. The van der Waals surface area contributed by atoms with Crippen LogP contribution in [0.2, 0.25) is 0 Å². The highest BCUT2D eigenvalue weighted by molar-refractivity contribution is 7.53. The van der Waals surface area contributed by atoms with E-state index in [4.69, 9.17) is 9.05 Å². The summed E-state index contributed by atoms with van der Waals surface area (Å²) in [5.41, 5.74) is 0.757. The second-order valence-electron chi connectivity index (χ2n) is 9.71. The van der Waals surface area contributed by atoms with Gasteiger partial charge in [-0.25, -0.2) is 0 Å². The third kappa shape index (κ3) is 6.30. The first-order chi connectivity index (χ1) is 12.4. The maximum absolute atomic E-state index is 12.6. The molecule has 0 heterocycles. The van der Waals surface area contributed by atoms with Crippen molar-refractivity contribution in [1.29, 1.82) is 0 Å². The van der Waals surface area contributed by atoms with E-state index in [1.54, 1.807) is 19.9 Å². The first kappa shape index (κ1) is 24.6. The van der Waals surface area contributed by atoms with E-state index in [0.717, 1.165) is 11.1 Å². The molecule has 1 aromatic rings. The van der Waals surface area contributed by atoms with Crippen molar-refractivity contribution in [2.75, 3.05) is 13.8 Å². The Balaban J connectivity index is 3.37. The molecule has 0 aliphatic rings. The number of rotatable bonds is 6. The van der Waals surface area contributed by atoms with Crippen LogP contribution in [0.25, 0.3) is 6.08 Å². The van der Waals surface area contributed by atoms with Crippen molar-refractivity contribution >= 4 is 19.5 Å². The fourth-order valence-electron chi connectivity index (χ4n) is 2.65. The highest BCUT2D eigenvalue weighted by atomic mass is 31.2. The van der Waals surface area contributed by atoms with Gasteiger partial charge < -0.3 is 9.63 Å². The minimum absolute atomic E-state index is 0.115. The smallest absolute Gasteiger partial charge is 0.328 e. The molecule has 0 aromatic heterocycles. The molecule has 0 fully saturated rings. The van der Waals surface area contributed by atoms with Gasteiger partial charge in [0.1, 0.15) is 11.4 Å². The van der Waals surface area contributed by atoms with Gasteiger partial charge in [0.2, 0.25) is 0 Å². The lowest BCUT2D eigenvalue weighted by Gasteiger charge is -2.27. The van der Waals surface area contributed by atoms with Crippen LogP contribution < -0.4 is 0 Å². The molecule has 0 aliphatic heterocycles. The molecule has 0 amide bonds. The maximum Gasteiger partial charge on any atom is 0.328 e. The number of ketones is 1. The van der Waals surface area contributed by atoms with Crippen LogP contribution in [0.4, 0.5) is 0 Å². The normalized spacial score (nSPS) is 15.6. The van der Waals surface area contributed by atoms with Crippen LogP contribution >= 0.6 is 7.60 Å². The first-order valence-electron chi connectivity index (χ1n) is 9.35. The fourth-order valence-corrected chi connectivity index (χ4v) is 3.65. The molecule has 1 unspecified atom stereocenters. The minimum Gasteiger partial charge on any atom is -0.507 e. The Morgan fingerprint density at radius 2 is 1.57 bits per heavy atom. The maximum atomic E-state index is 12.6.